The third-order valence-corrected chi connectivity index (χ3v) is 4.42. The molecule has 1 saturated heterocycles. The Morgan fingerprint density at radius 1 is 1.25 bits per heavy atom. The van der Waals surface area contributed by atoms with Crippen LogP contribution in [-0.2, 0) is 0 Å². The van der Waals surface area contributed by atoms with Crippen molar-refractivity contribution in [2.24, 2.45) is 0 Å². The molecule has 3 rings (SSSR count). The third-order valence-electron chi connectivity index (χ3n) is 3.36. The summed E-state index contributed by atoms with van der Waals surface area (Å²) in [5.41, 5.74) is 0.654. The van der Waals surface area contributed by atoms with Crippen molar-refractivity contribution in [3.05, 3.63) is 23.6 Å². The van der Waals surface area contributed by atoms with Gasteiger partial charge in [-0.05, 0) is 12.8 Å². The van der Waals surface area contributed by atoms with Crippen molar-refractivity contribution in [2.75, 3.05) is 23.3 Å². The summed E-state index contributed by atoms with van der Waals surface area (Å²) in [5.74, 6) is -0.183. The van der Waals surface area contributed by atoms with Crippen LogP contribution in [0.2, 0.25) is 0 Å². The highest BCUT2D eigenvalue weighted by Crippen LogP contribution is 2.26. The minimum Gasteiger partial charge on any atom is -0.362 e. The molecule has 2 N–H and O–H groups in total. The van der Waals surface area contributed by atoms with Gasteiger partial charge in [0, 0.05) is 19.3 Å². The highest BCUT2D eigenvalue weighted by Gasteiger charge is 2.16. The van der Waals surface area contributed by atoms with E-state index >= 15 is 0 Å². The van der Waals surface area contributed by atoms with Gasteiger partial charge in [0.15, 0.2) is 5.01 Å². The van der Waals surface area contributed by atoms with Crippen LogP contribution in [0.4, 0.5) is 10.7 Å². The van der Waals surface area contributed by atoms with E-state index in [1.807, 2.05) is 0 Å². The van der Waals surface area contributed by atoms with Gasteiger partial charge in [0.2, 0.25) is 0 Å². The molecular weight excluding hydrogens is 274 g/mol. The number of hydrogen-bond donors (Lipinski definition) is 2. The monoisotopic (exact) mass is 291 g/mol. The molecule has 0 radical (unpaired) electrons. The lowest BCUT2D eigenvalue weighted by Gasteiger charge is -2.19. The first-order valence-corrected chi connectivity index (χ1v) is 7.65. The summed E-state index contributed by atoms with van der Waals surface area (Å²) in [4.78, 5) is 18.6. The van der Waals surface area contributed by atoms with Gasteiger partial charge in [-0.25, -0.2) is 4.98 Å². The topological polar surface area (TPSA) is 73.9 Å². The van der Waals surface area contributed by atoms with Crippen LogP contribution in [0.1, 0.15) is 35.5 Å². The maximum absolute atomic E-state index is 12.1. The first kappa shape index (κ1) is 13.1. The molecule has 0 atom stereocenters. The predicted octanol–water partition coefficient (Wildman–Crippen LogP) is 2.50. The second kappa shape index (κ2) is 6.04. The summed E-state index contributed by atoms with van der Waals surface area (Å²) in [6, 6.07) is 0. The Balaban J connectivity index is 1.67. The summed E-state index contributed by atoms with van der Waals surface area (Å²) < 4.78 is 0. The number of aromatic amines is 1. The van der Waals surface area contributed by atoms with Crippen molar-refractivity contribution >= 4 is 27.9 Å². The quantitative estimate of drug-likeness (QED) is 0.911. The number of carbonyl (C=O) groups is 1. The number of thiazole rings is 1. The van der Waals surface area contributed by atoms with Crippen LogP contribution in [0.25, 0.3) is 0 Å². The van der Waals surface area contributed by atoms with Gasteiger partial charge < -0.3 is 10.2 Å². The zero-order valence-electron chi connectivity index (χ0n) is 11.1. The van der Waals surface area contributed by atoms with Crippen molar-refractivity contribution in [3.8, 4) is 0 Å². The Bertz CT molecular complexity index is 557. The van der Waals surface area contributed by atoms with Gasteiger partial charge in [-0.3, -0.25) is 9.89 Å². The summed E-state index contributed by atoms with van der Waals surface area (Å²) >= 11 is 1.45. The number of nitrogens with zero attached hydrogens (tertiary/aromatic N) is 3. The number of hydrogen-bond acceptors (Lipinski definition) is 5. The van der Waals surface area contributed by atoms with Crippen LogP contribution >= 0.6 is 11.3 Å². The Morgan fingerprint density at radius 3 is 2.75 bits per heavy atom. The molecule has 3 heterocycles. The lowest BCUT2D eigenvalue weighted by atomic mass is 10.2. The molecule has 1 aliphatic heterocycles. The molecule has 0 aromatic carbocycles. The van der Waals surface area contributed by atoms with Crippen molar-refractivity contribution in [3.63, 3.8) is 0 Å². The normalized spacial score (nSPS) is 15.9. The molecule has 0 bridgehead atoms. The molecule has 0 aliphatic carbocycles. The van der Waals surface area contributed by atoms with Gasteiger partial charge in [-0.15, -0.1) is 0 Å². The molecule has 1 aliphatic rings. The first-order valence-electron chi connectivity index (χ1n) is 6.84. The molecule has 2 aromatic rings. The van der Waals surface area contributed by atoms with Crippen LogP contribution in [0.3, 0.4) is 0 Å². The maximum Gasteiger partial charge on any atom is 0.284 e. The summed E-state index contributed by atoms with van der Waals surface area (Å²) in [7, 11) is 0. The van der Waals surface area contributed by atoms with E-state index in [-0.39, 0.29) is 5.91 Å². The average Bonchev–Trinajstić information content (AvgIpc) is 3.06. The number of H-pyrrole nitrogens is 1. The van der Waals surface area contributed by atoms with Crippen LogP contribution in [0, 0.1) is 0 Å². The standard InChI is InChI=1S/C13H17N5OS/c19-12(17-10-7-15-16-8-10)13-14-9-11(20-13)18-5-3-1-2-4-6-18/h7-9H,1-6H2,(H,15,16)(H,17,19). The molecule has 6 nitrogen and oxygen atoms in total. The predicted molar refractivity (Wildman–Crippen MR) is 79.3 cm³/mol. The van der Waals surface area contributed by atoms with E-state index in [4.69, 9.17) is 0 Å². The molecule has 0 unspecified atom stereocenters. The zero-order valence-corrected chi connectivity index (χ0v) is 11.9. The minimum absolute atomic E-state index is 0.183. The highest BCUT2D eigenvalue weighted by atomic mass is 32.1. The smallest absolute Gasteiger partial charge is 0.284 e. The second-order valence-electron chi connectivity index (χ2n) is 4.85. The Morgan fingerprint density at radius 2 is 2.05 bits per heavy atom. The van der Waals surface area contributed by atoms with Crippen molar-refractivity contribution in [1.82, 2.24) is 15.2 Å². The number of rotatable bonds is 3. The van der Waals surface area contributed by atoms with Gasteiger partial charge in [0.05, 0.1) is 18.1 Å². The summed E-state index contributed by atoms with van der Waals surface area (Å²) in [6.07, 6.45) is 10.0. The summed E-state index contributed by atoms with van der Waals surface area (Å²) in [5, 5.41) is 10.8. The molecule has 2 aromatic heterocycles. The highest BCUT2D eigenvalue weighted by molar-refractivity contribution is 7.17. The number of amides is 1. The molecule has 0 saturated carbocycles. The van der Waals surface area contributed by atoms with Gasteiger partial charge >= 0.3 is 0 Å². The number of anilines is 2. The van der Waals surface area contributed by atoms with Crippen molar-refractivity contribution in [2.45, 2.75) is 25.7 Å². The number of nitrogens with one attached hydrogen (secondary N) is 2. The van der Waals surface area contributed by atoms with Crippen LogP contribution in [0.15, 0.2) is 18.6 Å². The van der Waals surface area contributed by atoms with E-state index < -0.39 is 0 Å². The molecule has 7 heteroatoms. The fourth-order valence-electron chi connectivity index (χ4n) is 2.31. The van der Waals surface area contributed by atoms with Gasteiger partial charge in [-0.1, -0.05) is 24.2 Å². The van der Waals surface area contributed by atoms with E-state index in [2.05, 4.69) is 25.4 Å². The Labute approximate surface area is 121 Å². The van der Waals surface area contributed by atoms with E-state index in [9.17, 15) is 4.79 Å². The number of aromatic nitrogens is 3. The van der Waals surface area contributed by atoms with Gasteiger partial charge in [0.1, 0.15) is 5.00 Å². The zero-order chi connectivity index (χ0) is 13.8. The van der Waals surface area contributed by atoms with E-state index in [0.717, 1.165) is 18.1 Å². The van der Waals surface area contributed by atoms with Crippen LogP contribution < -0.4 is 10.2 Å². The lowest BCUT2D eigenvalue weighted by Crippen LogP contribution is -2.22. The van der Waals surface area contributed by atoms with Gasteiger partial charge in [-0.2, -0.15) is 5.10 Å². The van der Waals surface area contributed by atoms with E-state index in [1.165, 1.54) is 37.0 Å². The van der Waals surface area contributed by atoms with Crippen molar-refractivity contribution < 1.29 is 4.79 Å². The molecular formula is C13H17N5OS. The number of carbonyl (C=O) groups excluding carboxylic acids is 1. The second-order valence-corrected chi connectivity index (χ2v) is 5.86. The first-order chi connectivity index (χ1) is 9.83. The Kier molecular flexibility index (Phi) is 3.96. The van der Waals surface area contributed by atoms with Crippen LogP contribution in [-0.4, -0.2) is 34.2 Å². The molecule has 20 heavy (non-hydrogen) atoms. The third kappa shape index (κ3) is 2.98. The SMILES string of the molecule is O=C(Nc1cn[nH]c1)c1ncc(N2CCCCCC2)s1. The Hall–Kier alpha value is -1.89. The minimum atomic E-state index is -0.183. The van der Waals surface area contributed by atoms with E-state index in [0.29, 0.717) is 10.7 Å². The summed E-state index contributed by atoms with van der Waals surface area (Å²) in [6.45, 7) is 2.12. The average molecular weight is 291 g/mol. The fourth-order valence-corrected chi connectivity index (χ4v) is 3.18. The molecule has 0 spiro atoms. The molecule has 1 fully saturated rings. The molecule has 1 amide bonds. The lowest BCUT2D eigenvalue weighted by molar-refractivity contribution is 0.102. The largest absolute Gasteiger partial charge is 0.362 e. The van der Waals surface area contributed by atoms with E-state index in [1.54, 1.807) is 18.6 Å². The van der Waals surface area contributed by atoms with Crippen LogP contribution in [0.5, 0.6) is 0 Å². The fraction of sp³-hybridized carbons (Fsp3) is 0.462. The van der Waals surface area contributed by atoms with Gasteiger partial charge in [0.25, 0.3) is 5.91 Å². The molecule has 106 valence electrons. The van der Waals surface area contributed by atoms with Crippen molar-refractivity contribution in [1.29, 1.82) is 0 Å². The maximum atomic E-state index is 12.1.